The third-order valence-corrected chi connectivity index (χ3v) is 3.46. The maximum atomic E-state index is 5.66. The van der Waals surface area contributed by atoms with Crippen LogP contribution in [0.2, 0.25) is 0 Å². The van der Waals surface area contributed by atoms with E-state index < -0.39 is 0 Å². The minimum absolute atomic E-state index is 0.681. The molecule has 0 bridgehead atoms. The largest absolute Gasteiger partial charge is 0.438 e. The minimum Gasteiger partial charge on any atom is -0.438 e. The number of hydrogen-bond acceptors (Lipinski definition) is 5. The van der Waals surface area contributed by atoms with Crippen LogP contribution in [-0.2, 0) is 6.54 Å². The Hall–Kier alpha value is -1.20. The SMILES string of the molecule is Cc1ncc(-c2cnc(CNC3CC3)o2)s1. The van der Waals surface area contributed by atoms with Crippen LogP contribution >= 0.6 is 11.3 Å². The monoisotopic (exact) mass is 235 g/mol. The summed E-state index contributed by atoms with van der Waals surface area (Å²) in [5.41, 5.74) is 0. The normalized spacial score (nSPS) is 15.6. The molecule has 1 fully saturated rings. The fourth-order valence-electron chi connectivity index (χ4n) is 1.50. The number of rotatable bonds is 4. The minimum atomic E-state index is 0.681. The van der Waals surface area contributed by atoms with Gasteiger partial charge < -0.3 is 9.73 Å². The molecule has 3 rings (SSSR count). The van der Waals surface area contributed by atoms with Crippen molar-refractivity contribution in [1.29, 1.82) is 0 Å². The van der Waals surface area contributed by atoms with Crippen molar-refractivity contribution in [2.24, 2.45) is 0 Å². The van der Waals surface area contributed by atoms with Crippen molar-refractivity contribution in [2.45, 2.75) is 32.4 Å². The van der Waals surface area contributed by atoms with Gasteiger partial charge in [0.05, 0.1) is 22.6 Å². The molecule has 0 aliphatic heterocycles. The van der Waals surface area contributed by atoms with Gasteiger partial charge >= 0.3 is 0 Å². The zero-order valence-corrected chi connectivity index (χ0v) is 9.88. The van der Waals surface area contributed by atoms with Gasteiger partial charge in [-0.05, 0) is 19.8 Å². The summed E-state index contributed by atoms with van der Waals surface area (Å²) < 4.78 is 5.66. The molecular weight excluding hydrogens is 222 g/mol. The molecule has 84 valence electrons. The van der Waals surface area contributed by atoms with E-state index in [1.54, 1.807) is 17.5 Å². The van der Waals surface area contributed by atoms with Gasteiger partial charge in [-0.25, -0.2) is 9.97 Å². The van der Waals surface area contributed by atoms with E-state index in [9.17, 15) is 0 Å². The van der Waals surface area contributed by atoms with Crippen molar-refractivity contribution in [3.05, 3.63) is 23.3 Å². The van der Waals surface area contributed by atoms with Crippen LogP contribution in [0.25, 0.3) is 10.6 Å². The molecule has 1 aliphatic carbocycles. The Labute approximate surface area is 97.7 Å². The number of oxazole rings is 1. The van der Waals surface area contributed by atoms with Crippen molar-refractivity contribution >= 4 is 11.3 Å². The van der Waals surface area contributed by atoms with Crippen molar-refractivity contribution in [2.75, 3.05) is 0 Å². The van der Waals surface area contributed by atoms with Gasteiger partial charge in [0.25, 0.3) is 0 Å². The lowest BCUT2D eigenvalue weighted by atomic mass is 10.4. The molecule has 1 aliphatic rings. The summed E-state index contributed by atoms with van der Waals surface area (Å²) in [6.45, 7) is 2.71. The van der Waals surface area contributed by atoms with Crippen LogP contribution in [0.3, 0.4) is 0 Å². The smallest absolute Gasteiger partial charge is 0.208 e. The molecule has 16 heavy (non-hydrogen) atoms. The highest BCUT2D eigenvalue weighted by Gasteiger charge is 2.21. The molecule has 0 atom stereocenters. The Kier molecular flexibility index (Phi) is 2.49. The molecule has 0 radical (unpaired) electrons. The van der Waals surface area contributed by atoms with Gasteiger partial charge in [0.1, 0.15) is 0 Å². The van der Waals surface area contributed by atoms with Gasteiger partial charge in [0, 0.05) is 12.2 Å². The standard InChI is InChI=1S/C11H13N3OS/c1-7-12-5-10(16-7)9-4-14-11(15-9)6-13-8-2-3-8/h4-5,8,13H,2-3,6H2,1H3. The number of nitrogens with one attached hydrogen (secondary N) is 1. The van der Waals surface area contributed by atoms with E-state index in [-0.39, 0.29) is 0 Å². The van der Waals surface area contributed by atoms with E-state index in [0.29, 0.717) is 6.04 Å². The second kappa shape index (κ2) is 3.99. The third kappa shape index (κ3) is 2.15. The Morgan fingerprint density at radius 1 is 1.44 bits per heavy atom. The van der Waals surface area contributed by atoms with Gasteiger partial charge in [0.2, 0.25) is 5.89 Å². The van der Waals surface area contributed by atoms with Gasteiger partial charge in [-0.1, -0.05) is 0 Å². The van der Waals surface area contributed by atoms with Gasteiger partial charge in [-0.3, -0.25) is 0 Å². The lowest BCUT2D eigenvalue weighted by Crippen LogP contribution is -2.15. The first-order valence-electron chi connectivity index (χ1n) is 5.42. The Bertz CT molecular complexity index is 487. The van der Waals surface area contributed by atoms with E-state index in [0.717, 1.165) is 28.1 Å². The van der Waals surface area contributed by atoms with Crippen LogP contribution in [0.1, 0.15) is 23.7 Å². The third-order valence-electron chi connectivity index (χ3n) is 2.54. The summed E-state index contributed by atoms with van der Waals surface area (Å²) in [6, 6.07) is 0.681. The predicted molar refractivity (Wildman–Crippen MR) is 62.2 cm³/mol. The summed E-state index contributed by atoms with van der Waals surface area (Å²) >= 11 is 1.63. The number of nitrogens with zero attached hydrogens (tertiary/aromatic N) is 2. The average Bonchev–Trinajstić information content (AvgIpc) is 2.81. The first kappa shape index (κ1) is 9.99. The molecule has 1 N–H and O–H groups in total. The lowest BCUT2D eigenvalue weighted by molar-refractivity contribution is 0.477. The van der Waals surface area contributed by atoms with Crippen molar-refractivity contribution in [3.8, 4) is 10.6 Å². The van der Waals surface area contributed by atoms with E-state index in [1.807, 2.05) is 13.1 Å². The quantitative estimate of drug-likeness (QED) is 0.883. The fraction of sp³-hybridized carbons (Fsp3) is 0.455. The van der Waals surface area contributed by atoms with E-state index >= 15 is 0 Å². The highest BCUT2D eigenvalue weighted by Crippen LogP contribution is 2.26. The van der Waals surface area contributed by atoms with E-state index in [1.165, 1.54) is 12.8 Å². The second-order valence-electron chi connectivity index (χ2n) is 4.02. The van der Waals surface area contributed by atoms with Gasteiger partial charge in [0.15, 0.2) is 5.76 Å². The number of hydrogen-bond donors (Lipinski definition) is 1. The molecule has 0 saturated heterocycles. The number of aromatic nitrogens is 2. The molecule has 0 amide bonds. The Balaban J connectivity index is 1.71. The van der Waals surface area contributed by atoms with Crippen molar-refractivity contribution in [1.82, 2.24) is 15.3 Å². The summed E-state index contributed by atoms with van der Waals surface area (Å²) in [6.07, 6.45) is 6.17. The molecule has 2 aromatic heterocycles. The van der Waals surface area contributed by atoms with Crippen molar-refractivity contribution < 1.29 is 4.42 Å². The first-order chi connectivity index (χ1) is 7.81. The predicted octanol–water partition coefficient (Wildman–Crippen LogP) is 2.36. The zero-order valence-electron chi connectivity index (χ0n) is 9.06. The molecule has 0 unspecified atom stereocenters. The lowest BCUT2D eigenvalue weighted by Gasteiger charge is -1.96. The van der Waals surface area contributed by atoms with Crippen LogP contribution in [0.15, 0.2) is 16.8 Å². The molecule has 2 aromatic rings. The molecule has 4 nitrogen and oxygen atoms in total. The number of thiazole rings is 1. The topological polar surface area (TPSA) is 51.0 Å². The zero-order chi connectivity index (χ0) is 11.0. The molecule has 1 saturated carbocycles. The first-order valence-corrected chi connectivity index (χ1v) is 6.24. The van der Waals surface area contributed by atoms with Crippen molar-refractivity contribution in [3.63, 3.8) is 0 Å². The molecule has 0 spiro atoms. The summed E-state index contributed by atoms with van der Waals surface area (Å²) in [7, 11) is 0. The highest BCUT2D eigenvalue weighted by atomic mass is 32.1. The van der Waals surface area contributed by atoms with Crippen LogP contribution in [0, 0.1) is 6.92 Å². The highest BCUT2D eigenvalue weighted by molar-refractivity contribution is 7.14. The number of aryl methyl sites for hydroxylation is 1. The molecular formula is C11H13N3OS. The molecule has 5 heteroatoms. The summed E-state index contributed by atoms with van der Waals surface area (Å²) in [5.74, 6) is 1.58. The maximum Gasteiger partial charge on any atom is 0.208 e. The van der Waals surface area contributed by atoms with Crippen LogP contribution in [0.5, 0.6) is 0 Å². The van der Waals surface area contributed by atoms with Gasteiger partial charge in [-0.2, -0.15) is 0 Å². The fourth-order valence-corrected chi connectivity index (χ4v) is 2.22. The van der Waals surface area contributed by atoms with Crippen LogP contribution in [-0.4, -0.2) is 16.0 Å². The van der Waals surface area contributed by atoms with E-state index in [4.69, 9.17) is 4.42 Å². The molecule has 0 aromatic carbocycles. The van der Waals surface area contributed by atoms with Gasteiger partial charge in [-0.15, -0.1) is 11.3 Å². The van der Waals surface area contributed by atoms with Crippen LogP contribution in [0.4, 0.5) is 0 Å². The maximum absolute atomic E-state index is 5.66. The van der Waals surface area contributed by atoms with E-state index in [2.05, 4.69) is 15.3 Å². The summed E-state index contributed by atoms with van der Waals surface area (Å²) in [4.78, 5) is 9.50. The second-order valence-corrected chi connectivity index (χ2v) is 5.25. The average molecular weight is 235 g/mol. The Morgan fingerprint density at radius 3 is 3.00 bits per heavy atom. The van der Waals surface area contributed by atoms with Crippen LogP contribution < -0.4 is 5.32 Å². The molecule has 2 heterocycles. The summed E-state index contributed by atoms with van der Waals surface area (Å²) in [5, 5.41) is 4.42. The Morgan fingerprint density at radius 2 is 2.31 bits per heavy atom.